The van der Waals surface area contributed by atoms with E-state index in [1.165, 1.54) is 0 Å². The van der Waals surface area contributed by atoms with Crippen molar-refractivity contribution in [2.75, 3.05) is 13.6 Å². The van der Waals surface area contributed by atoms with Crippen LogP contribution in [0.5, 0.6) is 0 Å². The van der Waals surface area contributed by atoms with Gasteiger partial charge in [-0.1, -0.05) is 57.0 Å². The van der Waals surface area contributed by atoms with Crippen molar-refractivity contribution >= 4 is 12.2 Å². The molecule has 178 valence electrons. The number of carbonyl (C=O) groups is 1. The highest BCUT2D eigenvalue weighted by atomic mass is 16.1. The van der Waals surface area contributed by atoms with Crippen molar-refractivity contribution in [1.29, 1.82) is 0 Å². The third-order valence-corrected chi connectivity index (χ3v) is 5.42. The molecule has 0 saturated carbocycles. The molecule has 1 aromatic carbocycles. The largest absolute Gasteiger partial charge is 0.379 e. The number of hydrazone groups is 1. The molecule has 8 nitrogen and oxygen atoms in total. The summed E-state index contributed by atoms with van der Waals surface area (Å²) in [5.74, 6) is 11.4. The van der Waals surface area contributed by atoms with Gasteiger partial charge in [-0.25, -0.2) is 5.84 Å². The number of amides is 1. The van der Waals surface area contributed by atoms with E-state index in [-0.39, 0.29) is 0 Å². The minimum Gasteiger partial charge on any atom is -0.379 e. The lowest BCUT2D eigenvalue weighted by Crippen LogP contribution is -2.32. The number of unbranched alkanes of at least 4 members (excludes halogenated alkanes) is 2. The summed E-state index contributed by atoms with van der Waals surface area (Å²) in [5.41, 5.74) is 6.89. The third kappa shape index (κ3) is 7.61. The number of hydrogen-bond acceptors (Lipinski definition) is 6. The molecule has 1 heterocycles. The topological polar surface area (TPSA) is 113 Å². The zero-order valence-corrected chi connectivity index (χ0v) is 20.0. The van der Waals surface area contributed by atoms with E-state index in [2.05, 4.69) is 47.5 Å². The van der Waals surface area contributed by atoms with Crippen LogP contribution in [-0.4, -0.2) is 40.6 Å². The van der Waals surface area contributed by atoms with E-state index >= 15 is 0 Å². The fourth-order valence-electron chi connectivity index (χ4n) is 3.54. The molecule has 2 aromatic rings. The van der Waals surface area contributed by atoms with Crippen LogP contribution in [0, 0.1) is 0 Å². The molecule has 0 aliphatic carbocycles. The van der Waals surface area contributed by atoms with E-state index in [9.17, 15) is 4.79 Å². The predicted octanol–water partition coefficient (Wildman–Crippen LogP) is 3.55. The summed E-state index contributed by atoms with van der Waals surface area (Å²) in [5, 5.41) is 3.71. The lowest BCUT2D eigenvalue weighted by atomic mass is 10.0. The Balaban J connectivity index is 2.24. The molecule has 0 bridgehead atoms. The van der Waals surface area contributed by atoms with Gasteiger partial charge in [0, 0.05) is 42.8 Å². The van der Waals surface area contributed by atoms with Crippen LogP contribution >= 0.6 is 0 Å². The van der Waals surface area contributed by atoms with Gasteiger partial charge in [0.2, 0.25) is 6.41 Å². The Labute approximate surface area is 197 Å². The van der Waals surface area contributed by atoms with Crippen LogP contribution in [0.15, 0.2) is 59.6 Å². The lowest BCUT2D eigenvalue weighted by Gasteiger charge is -2.24. The molecule has 1 aromatic heterocycles. The summed E-state index contributed by atoms with van der Waals surface area (Å²) in [6, 6.07) is 11.6. The second-order valence-corrected chi connectivity index (χ2v) is 8.01. The van der Waals surface area contributed by atoms with E-state index in [4.69, 9.17) is 11.7 Å². The molecule has 33 heavy (non-hydrogen) atoms. The van der Waals surface area contributed by atoms with Gasteiger partial charge in [-0.15, -0.1) is 0 Å². The molecule has 0 aliphatic rings. The number of carbonyl (C=O) groups excluding carboxylic acids is 1. The van der Waals surface area contributed by atoms with Gasteiger partial charge in [-0.05, 0) is 30.9 Å². The van der Waals surface area contributed by atoms with Crippen molar-refractivity contribution in [2.45, 2.75) is 52.5 Å². The number of nitrogens with zero attached hydrogens (tertiary/aromatic N) is 4. The van der Waals surface area contributed by atoms with Gasteiger partial charge < -0.3 is 21.1 Å². The third-order valence-electron chi connectivity index (χ3n) is 5.42. The highest BCUT2D eigenvalue weighted by Gasteiger charge is 2.13. The first-order valence-corrected chi connectivity index (χ1v) is 11.5. The maximum absolute atomic E-state index is 12.0. The number of hydrazine groups is 1. The molecule has 2 rings (SSSR count). The van der Waals surface area contributed by atoms with Crippen molar-refractivity contribution < 1.29 is 4.79 Å². The standard InChI is InChI=1S/C25H37N7O/c1-4-6-10-21(18-31(3)15-7-5-2)32(19-33)17-20-13-14-24(28-16-20)22-11-8-9-12-23(22)25(29-26)30-27/h8-9,11-14,16,18-19H,4-7,10,15,17,26-27H2,1-3H3,(H,29,30)/b21-18-. The summed E-state index contributed by atoms with van der Waals surface area (Å²) in [6.07, 6.45) is 10.0. The minimum atomic E-state index is 0.376. The molecule has 0 fully saturated rings. The maximum Gasteiger partial charge on any atom is 0.214 e. The van der Waals surface area contributed by atoms with Gasteiger partial charge in [0.05, 0.1) is 12.2 Å². The van der Waals surface area contributed by atoms with E-state index in [1.807, 2.05) is 36.4 Å². The Morgan fingerprint density at radius 2 is 1.91 bits per heavy atom. The smallest absolute Gasteiger partial charge is 0.214 e. The molecule has 0 radical (unpaired) electrons. The van der Waals surface area contributed by atoms with Gasteiger partial charge in [-0.2, -0.15) is 5.10 Å². The molecule has 1 amide bonds. The highest BCUT2D eigenvalue weighted by molar-refractivity contribution is 6.03. The molecular weight excluding hydrogens is 414 g/mol. The Hall–Kier alpha value is -3.39. The van der Waals surface area contributed by atoms with Crippen molar-refractivity contribution in [2.24, 2.45) is 16.8 Å². The maximum atomic E-state index is 12.0. The normalized spacial score (nSPS) is 11.9. The van der Waals surface area contributed by atoms with E-state index in [0.29, 0.717) is 12.4 Å². The van der Waals surface area contributed by atoms with Gasteiger partial charge in [0.25, 0.3) is 0 Å². The van der Waals surface area contributed by atoms with Gasteiger partial charge in [-0.3, -0.25) is 9.78 Å². The highest BCUT2D eigenvalue weighted by Crippen LogP contribution is 2.23. The van der Waals surface area contributed by atoms with Crippen LogP contribution in [0.25, 0.3) is 11.3 Å². The molecule has 0 spiro atoms. The summed E-state index contributed by atoms with van der Waals surface area (Å²) in [4.78, 5) is 20.6. The first-order valence-electron chi connectivity index (χ1n) is 11.5. The SMILES string of the molecule is CCCC/C(=C/N(C)CCCC)N(C=O)Cc1ccc(-c2ccccc2/C(=N/N)NN)nc1. The van der Waals surface area contributed by atoms with Crippen LogP contribution in [0.3, 0.4) is 0 Å². The fourth-order valence-corrected chi connectivity index (χ4v) is 3.54. The van der Waals surface area contributed by atoms with Gasteiger partial charge in [0.1, 0.15) is 0 Å². The molecule has 0 atom stereocenters. The van der Waals surface area contributed by atoms with Crippen LogP contribution < -0.4 is 17.1 Å². The average Bonchev–Trinajstić information content (AvgIpc) is 2.85. The van der Waals surface area contributed by atoms with Gasteiger partial charge >= 0.3 is 0 Å². The van der Waals surface area contributed by atoms with Crippen LogP contribution in [-0.2, 0) is 11.3 Å². The Morgan fingerprint density at radius 1 is 1.15 bits per heavy atom. The van der Waals surface area contributed by atoms with Crippen LogP contribution in [0.2, 0.25) is 0 Å². The van der Waals surface area contributed by atoms with Crippen molar-refractivity contribution in [1.82, 2.24) is 20.2 Å². The van der Waals surface area contributed by atoms with Crippen molar-refractivity contribution in [3.8, 4) is 11.3 Å². The molecule has 8 heteroatoms. The number of allylic oxidation sites excluding steroid dienone is 1. The second kappa shape index (κ2) is 13.9. The number of amidine groups is 1. The number of hydrogen-bond donors (Lipinski definition) is 3. The molecule has 0 aliphatic heterocycles. The molecule has 0 unspecified atom stereocenters. The molecule has 5 N–H and O–H groups in total. The summed E-state index contributed by atoms with van der Waals surface area (Å²) >= 11 is 0. The number of rotatable bonds is 13. The van der Waals surface area contributed by atoms with Crippen LogP contribution in [0.1, 0.15) is 57.1 Å². The van der Waals surface area contributed by atoms with Crippen molar-refractivity contribution in [3.05, 3.63) is 65.6 Å². The zero-order valence-electron chi connectivity index (χ0n) is 20.0. The summed E-state index contributed by atoms with van der Waals surface area (Å²) < 4.78 is 0. The lowest BCUT2D eigenvalue weighted by molar-refractivity contribution is -0.117. The number of aromatic nitrogens is 1. The van der Waals surface area contributed by atoms with E-state index in [1.54, 1.807) is 11.1 Å². The second-order valence-electron chi connectivity index (χ2n) is 8.01. The average molecular weight is 452 g/mol. The first kappa shape index (κ1) is 25.9. The Morgan fingerprint density at radius 3 is 2.52 bits per heavy atom. The molecular formula is C25H37N7O. The Bertz CT molecular complexity index is 925. The van der Waals surface area contributed by atoms with Gasteiger partial charge in [0.15, 0.2) is 5.84 Å². The minimum absolute atomic E-state index is 0.376. The number of pyridine rings is 1. The monoisotopic (exact) mass is 451 g/mol. The van der Waals surface area contributed by atoms with E-state index < -0.39 is 0 Å². The fraction of sp³-hybridized carbons (Fsp3) is 0.400. The number of benzene rings is 1. The predicted molar refractivity (Wildman–Crippen MR) is 134 cm³/mol. The zero-order chi connectivity index (χ0) is 24.1. The quantitative estimate of drug-likeness (QED) is 0.141. The molecule has 0 saturated heterocycles. The number of nitrogens with one attached hydrogen (secondary N) is 1. The van der Waals surface area contributed by atoms with Crippen molar-refractivity contribution in [3.63, 3.8) is 0 Å². The van der Waals surface area contributed by atoms with E-state index in [0.717, 1.165) is 73.1 Å². The Kier molecular flexibility index (Phi) is 10.9. The summed E-state index contributed by atoms with van der Waals surface area (Å²) in [7, 11) is 2.06. The first-order chi connectivity index (χ1) is 16.1. The van der Waals surface area contributed by atoms with Crippen LogP contribution in [0.4, 0.5) is 0 Å². The summed E-state index contributed by atoms with van der Waals surface area (Å²) in [6.45, 7) is 5.78. The number of nitrogens with two attached hydrogens (primary N) is 2.